The number of nitrogens with one attached hydrogen (secondary N) is 2. The summed E-state index contributed by atoms with van der Waals surface area (Å²) < 4.78 is 5.82. The van der Waals surface area contributed by atoms with Gasteiger partial charge in [0.05, 0.1) is 0 Å². The predicted molar refractivity (Wildman–Crippen MR) is 128 cm³/mol. The number of imide groups is 1. The van der Waals surface area contributed by atoms with E-state index >= 15 is 0 Å². The molecule has 0 unspecified atom stereocenters. The molecule has 2 N–H and O–H groups in total. The molecule has 2 aromatic carbocycles. The van der Waals surface area contributed by atoms with E-state index in [-0.39, 0.29) is 24.3 Å². The Morgan fingerprint density at radius 1 is 1.06 bits per heavy atom. The van der Waals surface area contributed by atoms with Gasteiger partial charge in [-0.1, -0.05) is 36.4 Å². The average molecular weight is 475 g/mol. The molecule has 180 valence electrons. The third kappa shape index (κ3) is 4.25. The standard InChI is InChI=1S/C26H26N4O5/c1-26(21-15-18-7-5-6-10-20(18)35-21)24(33)30(25(34)28-26)16-22(31)29-13-11-17(12-14-29)23(32)27-19-8-3-2-4-9-19/h2-10,15,17H,11-14,16H2,1H3,(H,27,32)(H,28,34)/t26-/m1/s1. The number of hydrogen-bond acceptors (Lipinski definition) is 5. The molecule has 0 bridgehead atoms. The van der Waals surface area contributed by atoms with Crippen molar-refractivity contribution in [1.29, 1.82) is 0 Å². The SMILES string of the molecule is C[C@]1(c2cc3ccccc3o2)NC(=O)N(CC(=O)N2CCC(C(=O)Nc3ccccc3)CC2)C1=O. The summed E-state index contributed by atoms with van der Waals surface area (Å²) in [4.78, 5) is 53.9. The Labute approximate surface area is 202 Å². The minimum absolute atomic E-state index is 0.0704. The highest BCUT2D eigenvalue weighted by Gasteiger charge is 2.52. The highest BCUT2D eigenvalue weighted by atomic mass is 16.3. The number of hydrogen-bond donors (Lipinski definition) is 2. The summed E-state index contributed by atoms with van der Waals surface area (Å²) in [7, 11) is 0. The molecule has 0 radical (unpaired) electrons. The lowest BCUT2D eigenvalue weighted by atomic mass is 9.95. The van der Waals surface area contributed by atoms with E-state index in [2.05, 4.69) is 10.6 Å². The van der Waals surface area contributed by atoms with Crippen LogP contribution in [0.25, 0.3) is 11.0 Å². The molecule has 1 atom stereocenters. The summed E-state index contributed by atoms with van der Waals surface area (Å²) in [6.45, 7) is 1.99. The molecule has 9 nitrogen and oxygen atoms in total. The van der Waals surface area contributed by atoms with Crippen molar-refractivity contribution in [3.63, 3.8) is 0 Å². The summed E-state index contributed by atoms with van der Waals surface area (Å²) in [5.41, 5.74) is -0.0413. The fourth-order valence-corrected chi connectivity index (χ4v) is 4.63. The van der Waals surface area contributed by atoms with Gasteiger partial charge in [0.2, 0.25) is 11.8 Å². The molecule has 0 aliphatic carbocycles. The number of benzene rings is 2. The number of carbonyl (C=O) groups is 4. The highest BCUT2D eigenvalue weighted by molar-refractivity contribution is 6.09. The van der Waals surface area contributed by atoms with Gasteiger partial charge < -0.3 is 20.0 Å². The molecule has 35 heavy (non-hydrogen) atoms. The van der Waals surface area contributed by atoms with Gasteiger partial charge in [0, 0.05) is 30.1 Å². The zero-order valence-corrected chi connectivity index (χ0v) is 19.3. The number of likely N-dealkylation sites (tertiary alicyclic amines) is 1. The molecule has 3 aromatic rings. The first kappa shape index (κ1) is 22.6. The summed E-state index contributed by atoms with van der Waals surface area (Å²) in [6.07, 6.45) is 1.03. The molecule has 9 heteroatoms. The number of carbonyl (C=O) groups excluding carboxylic acids is 4. The molecule has 3 heterocycles. The van der Waals surface area contributed by atoms with Gasteiger partial charge in [-0.25, -0.2) is 4.79 Å². The van der Waals surface area contributed by atoms with Crippen LogP contribution in [0.4, 0.5) is 10.5 Å². The van der Waals surface area contributed by atoms with Crippen LogP contribution in [0.15, 0.2) is 65.1 Å². The van der Waals surface area contributed by atoms with Crippen molar-refractivity contribution in [2.45, 2.75) is 25.3 Å². The van der Waals surface area contributed by atoms with Gasteiger partial charge in [0.1, 0.15) is 17.9 Å². The third-order valence-corrected chi connectivity index (χ3v) is 6.75. The van der Waals surface area contributed by atoms with E-state index in [1.807, 2.05) is 48.5 Å². The first-order valence-electron chi connectivity index (χ1n) is 11.6. The maximum atomic E-state index is 13.2. The number of urea groups is 1. The molecule has 5 amide bonds. The lowest BCUT2D eigenvalue weighted by Crippen LogP contribution is -2.47. The van der Waals surface area contributed by atoms with Crippen molar-refractivity contribution in [2.24, 2.45) is 5.92 Å². The van der Waals surface area contributed by atoms with Gasteiger partial charge >= 0.3 is 6.03 Å². The fraction of sp³-hybridized carbons (Fsp3) is 0.308. The number of piperidine rings is 1. The molecular weight excluding hydrogens is 448 g/mol. The lowest BCUT2D eigenvalue weighted by molar-refractivity contribution is -0.140. The molecule has 2 saturated heterocycles. The van der Waals surface area contributed by atoms with E-state index in [4.69, 9.17) is 4.42 Å². The van der Waals surface area contributed by atoms with Crippen LogP contribution in [0.5, 0.6) is 0 Å². The van der Waals surface area contributed by atoms with Gasteiger partial charge in [-0.15, -0.1) is 0 Å². The molecular formula is C26H26N4O5. The van der Waals surface area contributed by atoms with Gasteiger partial charge in [-0.3, -0.25) is 19.3 Å². The van der Waals surface area contributed by atoms with E-state index in [0.29, 0.717) is 37.3 Å². The van der Waals surface area contributed by atoms with Crippen molar-refractivity contribution in [3.8, 4) is 0 Å². The van der Waals surface area contributed by atoms with E-state index in [9.17, 15) is 19.2 Å². The van der Waals surface area contributed by atoms with E-state index in [1.54, 1.807) is 24.0 Å². The Kier molecular flexibility index (Phi) is 5.76. The normalized spacial score (nSPS) is 20.8. The molecule has 0 spiro atoms. The van der Waals surface area contributed by atoms with Gasteiger partial charge in [0.25, 0.3) is 5.91 Å². The second kappa shape index (κ2) is 8.90. The quantitative estimate of drug-likeness (QED) is 0.552. The number of amides is 5. The number of rotatable bonds is 5. The van der Waals surface area contributed by atoms with Crippen LogP contribution in [0, 0.1) is 5.92 Å². The Bertz CT molecular complexity index is 1260. The molecule has 1 aromatic heterocycles. The van der Waals surface area contributed by atoms with Gasteiger partial charge in [-0.2, -0.15) is 0 Å². The molecule has 2 fully saturated rings. The van der Waals surface area contributed by atoms with Crippen molar-refractivity contribution in [2.75, 3.05) is 25.0 Å². The van der Waals surface area contributed by atoms with Crippen molar-refractivity contribution >= 4 is 40.4 Å². The van der Waals surface area contributed by atoms with Crippen LogP contribution in [0.2, 0.25) is 0 Å². The molecule has 2 aliphatic heterocycles. The Balaban J connectivity index is 1.20. The number of para-hydroxylation sites is 2. The van der Waals surface area contributed by atoms with E-state index in [1.165, 1.54) is 0 Å². The third-order valence-electron chi connectivity index (χ3n) is 6.75. The highest BCUT2D eigenvalue weighted by Crippen LogP contribution is 2.33. The van der Waals surface area contributed by atoms with E-state index in [0.717, 1.165) is 16.0 Å². The zero-order chi connectivity index (χ0) is 24.6. The van der Waals surface area contributed by atoms with Crippen LogP contribution in [0.1, 0.15) is 25.5 Å². The first-order chi connectivity index (χ1) is 16.8. The Hall–Kier alpha value is -4.14. The Morgan fingerprint density at radius 3 is 2.46 bits per heavy atom. The summed E-state index contributed by atoms with van der Waals surface area (Å²) in [5, 5.41) is 6.40. The summed E-state index contributed by atoms with van der Waals surface area (Å²) >= 11 is 0. The van der Waals surface area contributed by atoms with Gasteiger partial charge in [-0.05, 0) is 44.0 Å². The summed E-state index contributed by atoms with van der Waals surface area (Å²) in [5.74, 6) is -0.820. The van der Waals surface area contributed by atoms with Crippen molar-refractivity contribution < 1.29 is 23.6 Å². The number of anilines is 1. The largest absolute Gasteiger partial charge is 0.458 e. The topological polar surface area (TPSA) is 112 Å². The summed E-state index contributed by atoms with van der Waals surface area (Å²) in [6, 6.07) is 17.7. The van der Waals surface area contributed by atoms with E-state index < -0.39 is 17.5 Å². The number of fused-ring (bicyclic) bond motifs is 1. The monoisotopic (exact) mass is 474 g/mol. The maximum absolute atomic E-state index is 13.2. The molecule has 5 rings (SSSR count). The van der Waals surface area contributed by atoms with Gasteiger partial charge in [0.15, 0.2) is 5.54 Å². The smallest absolute Gasteiger partial charge is 0.325 e. The maximum Gasteiger partial charge on any atom is 0.325 e. The van der Waals surface area contributed by atoms with Crippen LogP contribution in [0.3, 0.4) is 0 Å². The number of nitrogens with zero attached hydrogens (tertiary/aromatic N) is 2. The number of furan rings is 1. The van der Waals surface area contributed by atoms with Crippen LogP contribution >= 0.6 is 0 Å². The lowest BCUT2D eigenvalue weighted by Gasteiger charge is -2.32. The van der Waals surface area contributed by atoms with Crippen LogP contribution in [-0.2, 0) is 19.9 Å². The fourth-order valence-electron chi connectivity index (χ4n) is 4.63. The van der Waals surface area contributed by atoms with Crippen molar-refractivity contribution in [1.82, 2.24) is 15.1 Å². The molecule has 2 aliphatic rings. The second-order valence-electron chi connectivity index (χ2n) is 9.11. The minimum Gasteiger partial charge on any atom is -0.458 e. The van der Waals surface area contributed by atoms with Crippen LogP contribution < -0.4 is 10.6 Å². The minimum atomic E-state index is -1.39. The second-order valence-corrected chi connectivity index (χ2v) is 9.11. The van der Waals surface area contributed by atoms with Crippen molar-refractivity contribution in [3.05, 3.63) is 66.4 Å². The first-order valence-corrected chi connectivity index (χ1v) is 11.6. The Morgan fingerprint density at radius 2 is 1.74 bits per heavy atom. The molecule has 0 saturated carbocycles. The predicted octanol–water partition coefficient (Wildman–Crippen LogP) is 3.08. The average Bonchev–Trinajstić information content (AvgIpc) is 3.40. The van der Waals surface area contributed by atoms with Crippen LogP contribution in [-0.4, -0.2) is 53.2 Å². The zero-order valence-electron chi connectivity index (χ0n) is 19.3.